The predicted octanol–water partition coefficient (Wildman–Crippen LogP) is 1.90. The highest BCUT2D eigenvalue weighted by molar-refractivity contribution is 5.92. The predicted molar refractivity (Wildman–Crippen MR) is 73.6 cm³/mol. The summed E-state index contributed by atoms with van der Waals surface area (Å²) in [7, 11) is 0. The smallest absolute Gasteiger partial charge is 0.186 e. The molecule has 3 rings (SSSR count). The molecule has 6 heteroatoms. The number of anilines is 1. The van der Waals surface area contributed by atoms with Gasteiger partial charge in [0.1, 0.15) is 6.07 Å². The number of nitrogens with zero attached hydrogens (tertiary/aromatic N) is 5. The van der Waals surface area contributed by atoms with Crippen LogP contribution in [0, 0.1) is 11.3 Å². The highest BCUT2D eigenvalue weighted by atomic mass is 15.1. The Labute approximate surface area is 115 Å². The molecule has 96 valence electrons. The second kappa shape index (κ2) is 5.28. The van der Waals surface area contributed by atoms with E-state index in [0.717, 1.165) is 16.6 Å². The molecule has 0 atom stereocenters. The number of aromatic nitrogens is 4. The van der Waals surface area contributed by atoms with Crippen molar-refractivity contribution in [2.75, 3.05) is 5.32 Å². The van der Waals surface area contributed by atoms with Crippen molar-refractivity contribution in [2.45, 2.75) is 6.54 Å². The molecule has 2 heterocycles. The molecular weight excluding hydrogens is 252 g/mol. The molecule has 0 spiro atoms. The van der Waals surface area contributed by atoms with Crippen LogP contribution in [0.3, 0.4) is 0 Å². The Hall–Kier alpha value is -3.07. The molecule has 1 aromatic carbocycles. The third-order valence-corrected chi connectivity index (χ3v) is 2.85. The first-order valence-electron chi connectivity index (χ1n) is 6.04. The summed E-state index contributed by atoms with van der Waals surface area (Å²) in [5, 5.41) is 29.0. The Balaban J connectivity index is 1.99. The molecule has 0 aliphatic carbocycles. The van der Waals surface area contributed by atoms with Gasteiger partial charge in [-0.1, -0.05) is 18.2 Å². The van der Waals surface area contributed by atoms with Gasteiger partial charge in [0.2, 0.25) is 0 Å². The van der Waals surface area contributed by atoms with E-state index in [1.54, 1.807) is 6.20 Å². The van der Waals surface area contributed by atoms with Crippen molar-refractivity contribution in [1.29, 1.82) is 5.26 Å². The van der Waals surface area contributed by atoms with Crippen molar-refractivity contribution in [3.8, 4) is 6.07 Å². The molecule has 0 amide bonds. The van der Waals surface area contributed by atoms with Gasteiger partial charge < -0.3 is 5.32 Å². The van der Waals surface area contributed by atoms with Gasteiger partial charge in [0.05, 0.1) is 23.4 Å². The van der Waals surface area contributed by atoms with Crippen LogP contribution >= 0.6 is 0 Å². The van der Waals surface area contributed by atoms with Crippen LogP contribution in [-0.2, 0) is 6.54 Å². The molecule has 3 aromatic rings. The first-order valence-corrected chi connectivity index (χ1v) is 6.04. The van der Waals surface area contributed by atoms with Gasteiger partial charge in [0.15, 0.2) is 5.69 Å². The number of nitriles is 1. The summed E-state index contributed by atoms with van der Waals surface area (Å²) in [6.45, 7) is 0.470. The van der Waals surface area contributed by atoms with Crippen molar-refractivity contribution in [1.82, 2.24) is 20.4 Å². The molecule has 2 aromatic heterocycles. The lowest BCUT2D eigenvalue weighted by atomic mass is 10.1. The first kappa shape index (κ1) is 12.0. The molecular formula is C14H10N6. The van der Waals surface area contributed by atoms with Gasteiger partial charge in [-0.2, -0.15) is 15.5 Å². The number of benzene rings is 1. The van der Waals surface area contributed by atoms with Gasteiger partial charge in [-0.15, -0.1) is 10.2 Å². The SMILES string of the molecule is N#Cc1nnc2ccccc2c1NCc1cccnn1. The van der Waals surface area contributed by atoms with Crippen LogP contribution in [0.2, 0.25) is 0 Å². The molecule has 0 saturated heterocycles. The quantitative estimate of drug-likeness (QED) is 0.775. The van der Waals surface area contributed by atoms with E-state index in [1.807, 2.05) is 36.4 Å². The summed E-state index contributed by atoms with van der Waals surface area (Å²) in [4.78, 5) is 0. The topological polar surface area (TPSA) is 87.4 Å². The van der Waals surface area contributed by atoms with Crippen molar-refractivity contribution >= 4 is 16.6 Å². The Morgan fingerprint density at radius 3 is 2.75 bits per heavy atom. The molecule has 0 aliphatic rings. The van der Waals surface area contributed by atoms with Crippen molar-refractivity contribution in [2.24, 2.45) is 0 Å². The summed E-state index contributed by atoms with van der Waals surface area (Å²) in [6.07, 6.45) is 1.62. The lowest BCUT2D eigenvalue weighted by molar-refractivity contribution is 0.922. The second-order valence-corrected chi connectivity index (χ2v) is 4.12. The van der Waals surface area contributed by atoms with Crippen molar-refractivity contribution < 1.29 is 0 Å². The van der Waals surface area contributed by atoms with Gasteiger partial charge in [-0.3, -0.25) is 0 Å². The van der Waals surface area contributed by atoms with Crippen LogP contribution in [0.1, 0.15) is 11.4 Å². The third kappa shape index (κ3) is 2.24. The number of nitrogens with one attached hydrogen (secondary N) is 1. The van der Waals surface area contributed by atoms with E-state index in [-0.39, 0.29) is 5.69 Å². The van der Waals surface area contributed by atoms with Crippen molar-refractivity contribution in [3.63, 3.8) is 0 Å². The molecule has 0 fully saturated rings. The van der Waals surface area contributed by atoms with Gasteiger partial charge in [0, 0.05) is 11.6 Å². The van der Waals surface area contributed by atoms with E-state index in [9.17, 15) is 0 Å². The molecule has 0 saturated carbocycles. The average Bonchev–Trinajstić information content (AvgIpc) is 2.53. The molecule has 0 unspecified atom stereocenters. The van der Waals surface area contributed by atoms with E-state index in [2.05, 4.69) is 31.8 Å². The summed E-state index contributed by atoms with van der Waals surface area (Å²) in [6, 6.07) is 13.3. The minimum atomic E-state index is 0.271. The van der Waals surface area contributed by atoms with Crippen LogP contribution in [-0.4, -0.2) is 20.4 Å². The summed E-state index contributed by atoms with van der Waals surface area (Å²) < 4.78 is 0. The maximum atomic E-state index is 9.15. The maximum absolute atomic E-state index is 9.15. The van der Waals surface area contributed by atoms with Crippen LogP contribution in [0.25, 0.3) is 10.9 Å². The zero-order valence-electron chi connectivity index (χ0n) is 10.5. The molecule has 0 bridgehead atoms. The Bertz CT molecular complexity index is 779. The zero-order chi connectivity index (χ0) is 13.8. The number of fused-ring (bicyclic) bond motifs is 1. The molecule has 1 N–H and O–H groups in total. The third-order valence-electron chi connectivity index (χ3n) is 2.85. The number of hydrogen-bond acceptors (Lipinski definition) is 6. The summed E-state index contributed by atoms with van der Waals surface area (Å²) in [5.74, 6) is 0. The highest BCUT2D eigenvalue weighted by Gasteiger charge is 2.09. The number of hydrogen-bond donors (Lipinski definition) is 1. The largest absolute Gasteiger partial charge is 0.376 e. The molecule has 6 nitrogen and oxygen atoms in total. The Morgan fingerprint density at radius 2 is 1.95 bits per heavy atom. The van der Waals surface area contributed by atoms with Crippen molar-refractivity contribution in [3.05, 3.63) is 54.0 Å². The van der Waals surface area contributed by atoms with Gasteiger partial charge in [-0.25, -0.2) is 0 Å². The van der Waals surface area contributed by atoms with Gasteiger partial charge in [0.25, 0.3) is 0 Å². The van der Waals surface area contributed by atoms with E-state index in [1.165, 1.54) is 0 Å². The monoisotopic (exact) mass is 262 g/mol. The fourth-order valence-electron chi connectivity index (χ4n) is 1.92. The van der Waals surface area contributed by atoms with Crippen LogP contribution in [0.4, 0.5) is 5.69 Å². The van der Waals surface area contributed by atoms with E-state index in [0.29, 0.717) is 12.2 Å². The van der Waals surface area contributed by atoms with E-state index in [4.69, 9.17) is 5.26 Å². The fraction of sp³-hybridized carbons (Fsp3) is 0.0714. The lowest BCUT2D eigenvalue weighted by Crippen LogP contribution is -2.06. The standard InChI is InChI=1S/C14H10N6/c15-8-13-14(16-9-10-4-3-7-17-18-10)11-5-1-2-6-12(11)19-20-13/h1-7H,9H2,(H,16,19). The average molecular weight is 262 g/mol. The maximum Gasteiger partial charge on any atom is 0.186 e. The van der Waals surface area contributed by atoms with E-state index < -0.39 is 0 Å². The molecule has 20 heavy (non-hydrogen) atoms. The fourth-order valence-corrected chi connectivity index (χ4v) is 1.92. The Kier molecular flexibility index (Phi) is 3.17. The first-order chi connectivity index (χ1) is 9.88. The molecule has 0 aliphatic heterocycles. The summed E-state index contributed by atoms with van der Waals surface area (Å²) >= 11 is 0. The second-order valence-electron chi connectivity index (χ2n) is 4.12. The normalized spacial score (nSPS) is 10.2. The molecule has 0 radical (unpaired) electrons. The van der Waals surface area contributed by atoms with Crippen LogP contribution < -0.4 is 5.32 Å². The highest BCUT2D eigenvalue weighted by Crippen LogP contribution is 2.23. The zero-order valence-corrected chi connectivity index (χ0v) is 10.5. The van der Waals surface area contributed by atoms with Gasteiger partial charge >= 0.3 is 0 Å². The van der Waals surface area contributed by atoms with Crippen LogP contribution in [0.15, 0.2) is 42.6 Å². The van der Waals surface area contributed by atoms with Crippen LogP contribution in [0.5, 0.6) is 0 Å². The number of rotatable bonds is 3. The minimum absolute atomic E-state index is 0.271. The van der Waals surface area contributed by atoms with E-state index >= 15 is 0 Å². The minimum Gasteiger partial charge on any atom is -0.376 e. The lowest BCUT2D eigenvalue weighted by Gasteiger charge is -2.09. The Morgan fingerprint density at radius 1 is 1.05 bits per heavy atom. The summed E-state index contributed by atoms with van der Waals surface area (Å²) in [5.41, 5.74) is 2.47. The van der Waals surface area contributed by atoms with Gasteiger partial charge in [-0.05, 0) is 18.2 Å².